The number of nitrogens with one attached hydrogen (secondary N) is 2. The first-order valence-electron chi connectivity index (χ1n) is 7.52. The van der Waals surface area contributed by atoms with Crippen LogP contribution in [0, 0.1) is 0 Å². The second-order valence-corrected chi connectivity index (χ2v) is 6.34. The van der Waals surface area contributed by atoms with Crippen LogP contribution in [0.1, 0.15) is 25.0 Å². The third-order valence-corrected chi connectivity index (χ3v) is 4.69. The van der Waals surface area contributed by atoms with Gasteiger partial charge in [0.15, 0.2) is 5.13 Å². The van der Waals surface area contributed by atoms with E-state index in [-0.39, 0.29) is 0 Å². The summed E-state index contributed by atoms with van der Waals surface area (Å²) in [6.07, 6.45) is 4.11. The summed E-state index contributed by atoms with van der Waals surface area (Å²) in [5, 5.41) is 6.49. The van der Waals surface area contributed by atoms with Gasteiger partial charge in [-0.1, -0.05) is 0 Å². The zero-order valence-corrected chi connectivity index (χ0v) is 13.2. The summed E-state index contributed by atoms with van der Waals surface area (Å²) >= 11 is 1.68. The third-order valence-electron chi connectivity index (χ3n) is 3.88. The standard InChI is InChI=1S/C16H21N3OS/c1-20-15-7-5-13(6-8-15)17-16-18-14(12-21-16)11-19-9-3-2-4-10-19/h5-8,12H,2-4,9-11H2,1H3,(H,17,18)/p+1. The van der Waals surface area contributed by atoms with Crippen LogP contribution >= 0.6 is 11.3 Å². The predicted molar refractivity (Wildman–Crippen MR) is 86.6 cm³/mol. The van der Waals surface area contributed by atoms with E-state index in [1.54, 1.807) is 23.3 Å². The predicted octanol–water partition coefficient (Wildman–Crippen LogP) is 2.46. The highest BCUT2D eigenvalue weighted by atomic mass is 32.1. The summed E-state index contributed by atoms with van der Waals surface area (Å²) in [4.78, 5) is 6.37. The Morgan fingerprint density at radius 3 is 2.67 bits per heavy atom. The molecule has 1 aliphatic heterocycles. The maximum Gasteiger partial charge on any atom is 0.187 e. The van der Waals surface area contributed by atoms with Gasteiger partial charge in [0.05, 0.1) is 20.2 Å². The summed E-state index contributed by atoms with van der Waals surface area (Å²) in [6.45, 7) is 3.64. The molecule has 112 valence electrons. The molecule has 21 heavy (non-hydrogen) atoms. The second kappa shape index (κ2) is 6.91. The van der Waals surface area contributed by atoms with E-state index in [9.17, 15) is 0 Å². The number of likely N-dealkylation sites (tertiary alicyclic amines) is 1. The highest BCUT2D eigenvalue weighted by molar-refractivity contribution is 7.13. The maximum atomic E-state index is 5.16. The summed E-state index contributed by atoms with van der Waals surface area (Å²) < 4.78 is 5.16. The van der Waals surface area contributed by atoms with Crippen molar-refractivity contribution in [1.82, 2.24) is 4.98 Å². The van der Waals surface area contributed by atoms with Crippen LogP contribution in [0.4, 0.5) is 10.8 Å². The average Bonchev–Trinajstić information content (AvgIpc) is 2.96. The van der Waals surface area contributed by atoms with Crippen molar-refractivity contribution in [3.05, 3.63) is 35.3 Å². The lowest BCUT2D eigenvalue weighted by molar-refractivity contribution is -0.918. The molecule has 1 aliphatic rings. The van der Waals surface area contributed by atoms with Gasteiger partial charge >= 0.3 is 0 Å². The molecule has 0 aliphatic carbocycles. The topological polar surface area (TPSA) is 38.6 Å². The van der Waals surface area contributed by atoms with Gasteiger partial charge in [-0.05, 0) is 43.5 Å². The van der Waals surface area contributed by atoms with Crippen LogP contribution in [-0.4, -0.2) is 25.2 Å². The number of hydrogen-bond acceptors (Lipinski definition) is 4. The number of anilines is 2. The molecule has 0 amide bonds. The average molecular weight is 304 g/mol. The third kappa shape index (κ3) is 3.95. The van der Waals surface area contributed by atoms with Crippen molar-refractivity contribution in [1.29, 1.82) is 0 Å². The molecule has 0 unspecified atom stereocenters. The zero-order chi connectivity index (χ0) is 14.5. The molecule has 0 radical (unpaired) electrons. The minimum absolute atomic E-state index is 0.870. The first kappa shape index (κ1) is 14.4. The summed E-state index contributed by atoms with van der Waals surface area (Å²) in [6, 6.07) is 7.93. The van der Waals surface area contributed by atoms with Gasteiger partial charge < -0.3 is 15.0 Å². The lowest BCUT2D eigenvalue weighted by Gasteiger charge is -2.22. The Labute approximate surface area is 129 Å². The number of benzene rings is 1. The van der Waals surface area contributed by atoms with Crippen molar-refractivity contribution in [2.75, 3.05) is 25.5 Å². The summed E-state index contributed by atoms with van der Waals surface area (Å²) in [5.41, 5.74) is 2.25. The first-order chi connectivity index (χ1) is 10.3. The van der Waals surface area contributed by atoms with E-state index in [0.717, 1.165) is 23.1 Å². The van der Waals surface area contributed by atoms with E-state index in [1.165, 1.54) is 38.0 Å². The van der Waals surface area contributed by atoms with E-state index >= 15 is 0 Å². The van der Waals surface area contributed by atoms with Crippen LogP contribution in [0.3, 0.4) is 0 Å². The van der Waals surface area contributed by atoms with E-state index < -0.39 is 0 Å². The quantitative estimate of drug-likeness (QED) is 0.891. The molecule has 4 nitrogen and oxygen atoms in total. The Bertz CT molecular complexity index is 561. The Hall–Kier alpha value is -1.59. The monoisotopic (exact) mass is 304 g/mol. The lowest BCUT2D eigenvalue weighted by atomic mass is 10.1. The smallest absolute Gasteiger partial charge is 0.187 e. The molecule has 0 atom stereocenters. The van der Waals surface area contributed by atoms with Gasteiger partial charge in [-0.25, -0.2) is 4.98 Å². The normalized spacial score (nSPS) is 15.9. The number of thiazole rings is 1. The highest BCUT2D eigenvalue weighted by Gasteiger charge is 2.15. The van der Waals surface area contributed by atoms with E-state index in [4.69, 9.17) is 9.72 Å². The van der Waals surface area contributed by atoms with Crippen LogP contribution in [0.5, 0.6) is 5.75 Å². The second-order valence-electron chi connectivity index (χ2n) is 5.48. The van der Waals surface area contributed by atoms with Crippen LogP contribution in [0.15, 0.2) is 29.6 Å². The van der Waals surface area contributed by atoms with Crippen LogP contribution in [-0.2, 0) is 6.54 Å². The largest absolute Gasteiger partial charge is 0.497 e. The number of piperidine rings is 1. The van der Waals surface area contributed by atoms with Gasteiger partial charge in [-0.2, -0.15) is 0 Å². The van der Waals surface area contributed by atoms with Crippen molar-refractivity contribution >= 4 is 22.2 Å². The van der Waals surface area contributed by atoms with Crippen LogP contribution in [0.25, 0.3) is 0 Å². The number of nitrogens with zero attached hydrogens (tertiary/aromatic N) is 1. The minimum atomic E-state index is 0.870. The Balaban J connectivity index is 1.58. The lowest BCUT2D eigenvalue weighted by Crippen LogP contribution is -3.11. The maximum absolute atomic E-state index is 5.16. The molecule has 0 spiro atoms. The number of hydrogen-bond donors (Lipinski definition) is 2. The number of methoxy groups -OCH3 is 1. The molecule has 2 aromatic rings. The number of ether oxygens (including phenoxy) is 1. The number of rotatable bonds is 5. The van der Waals surface area contributed by atoms with Gasteiger partial charge in [0.1, 0.15) is 18.0 Å². The fourth-order valence-corrected chi connectivity index (χ4v) is 3.46. The van der Waals surface area contributed by atoms with Crippen LogP contribution in [0.2, 0.25) is 0 Å². The van der Waals surface area contributed by atoms with Crippen molar-refractivity contribution in [3.63, 3.8) is 0 Å². The van der Waals surface area contributed by atoms with E-state index in [2.05, 4.69) is 10.7 Å². The summed E-state index contributed by atoms with van der Waals surface area (Å²) in [7, 11) is 1.68. The Morgan fingerprint density at radius 2 is 1.95 bits per heavy atom. The molecule has 5 heteroatoms. The van der Waals surface area contributed by atoms with Crippen molar-refractivity contribution in [2.24, 2.45) is 0 Å². The molecular weight excluding hydrogens is 282 g/mol. The zero-order valence-electron chi connectivity index (χ0n) is 12.4. The molecule has 0 saturated carbocycles. The molecule has 1 aromatic carbocycles. The van der Waals surface area contributed by atoms with E-state index in [1.807, 2.05) is 24.3 Å². The molecule has 3 rings (SSSR count). The SMILES string of the molecule is COc1ccc(Nc2nc(C[NH+]3CCCCC3)cs2)cc1. The molecule has 2 heterocycles. The molecule has 1 fully saturated rings. The van der Waals surface area contributed by atoms with Crippen molar-refractivity contribution in [3.8, 4) is 5.75 Å². The van der Waals surface area contributed by atoms with Crippen molar-refractivity contribution < 1.29 is 9.64 Å². The molecule has 1 aromatic heterocycles. The Kier molecular flexibility index (Phi) is 4.72. The molecule has 1 saturated heterocycles. The number of aromatic nitrogens is 1. The van der Waals surface area contributed by atoms with Crippen LogP contribution < -0.4 is 15.0 Å². The van der Waals surface area contributed by atoms with Gasteiger partial charge in [-0.15, -0.1) is 11.3 Å². The fourth-order valence-electron chi connectivity index (χ4n) is 2.73. The fraction of sp³-hybridized carbons (Fsp3) is 0.438. The van der Waals surface area contributed by atoms with Gasteiger partial charge in [0, 0.05) is 11.1 Å². The molecule has 0 bridgehead atoms. The number of quaternary nitrogens is 1. The highest BCUT2D eigenvalue weighted by Crippen LogP contribution is 2.22. The molecular formula is C16H22N3OS+. The van der Waals surface area contributed by atoms with Crippen molar-refractivity contribution in [2.45, 2.75) is 25.8 Å². The first-order valence-corrected chi connectivity index (χ1v) is 8.40. The molecule has 2 N–H and O–H groups in total. The van der Waals surface area contributed by atoms with Gasteiger partial charge in [-0.3, -0.25) is 0 Å². The van der Waals surface area contributed by atoms with E-state index in [0.29, 0.717) is 0 Å². The minimum Gasteiger partial charge on any atom is -0.497 e. The van der Waals surface area contributed by atoms with Gasteiger partial charge in [0.25, 0.3) is 0 Å². The summed E-state index contributed by atoms with van der Waals surface area (Å²) in [5.74, 6) is 0.870. The Morgan fingerprint density at radius 1 is 1.19 bits per heavy atom. The van der Waals surface area contributed by atoms with Gasteiger partial charge in [0.2, 0.25) is 0 Å².